The van der Waals surface area contributed by atoms with Crippen LogP contribution in [-0.4, -0.2) is 29.2 Å². The van der Waals surface area contributed by atoms with Crippen LogP contribution in [0.3, 0.4) is 0 Å². The molecule has 0 saturated heterocycles. The summed E-state index contributed by atoms with van der Waals surface area (Å²) < 4.78 is 10.6. The number of fused-ring (bicyclic) bond motifs is 3. The van der Waals surface area contributed by atoms with Gasteiger partial charge < -0.3 is 14.5 Å². The van der Waals surface area contributed by atoms with Crippen molar-refractivity contribution >= 4 is 21.9 Å². The third-order valence-electron chi connectivity index (χ3n) is 2.94. The van der Waals surface area contributed by atoms with Crippen LogP contribution in [0.25, 0.3) is 21.9 Å². The minimum atomic E-state index is 0.670. The number of nitrogens with zero attached hydrogens (tertiary/aromatic N) is 2. The number of nitrogens with one attached hydrogen (secondary N) is 1. The molecule has 0 amide bonds. The number of rotatable bonds is 2. The second-order valence-electron chi connectivity index (χ2n) is 4.07. The Labute approximate surface area is 104 Å². The lowest BCUT2D eigenvalue weighted by atomic mass is 10.1. The Morgan fingerprint density at radius 3 is 2.56 bits per heavy atom. The van der Waals surface area contributed by atoms with Gasteiger partial charge >= 0.3 is 0 Å². The van der Waals surface area contributed by atoms with Crippen LogP contribution >= 0.6 is 0 Å². The molecule has 0 radical (unpaired) electrons. The van der Waals surface area contributed by atoms with E-state index < -0.39 is 0 Å². The van der Waals surface area contributed by atoms with E-state index in [0.29, 0.717) is 11.5 Å². The molecule has 18 heavy (non-hydrogen) atoms. The fourth-order valence-corrected chi connectivity index (χ4v) is 2.11. The fourth-order valence-electron chi connectivity index (χ4n) is 2.11. The number of hydrogen-bond donors (Lipinski definition) is 1. The zero-order valence-electron chi connectivity index (χ0n) is 10.4. The summed E-state index contributed by atoms with van der Waals surface area (Å²) in [5.74, 6) is 2.22. The molecule has 1 N–H and O–H groups in total. The smallest absolute Gasteiger partial charge is 0.162 e. The number of pyridine rings is 1. The number of methoxy groups -OCH3 is 2. The number of ether oxygens (including phenoxy) is 2. The van der Waals surface area contributed by atoms with E-state index in [2.05, 4.69) is 15.0 Å². The lowest BCUT2D eigenvalue weighted by Crippen LogP contribution is -1.91. The van der Waals surface area contributed by atoms with Gasteiger partial charge in [0.05, 0.1) is 37.0 Å². The van der Waals surface area contributed by atoms with Crippen molar-refractivity contribution in [1.82, 2.24) is 15.0 Å². The molecule has 0 spiro atoms. The van der Waals surface area contributed by atoms with E-state index in [4.69, 9.17) is 9.47 Å². The summed E-state index contributed by atoms with van der Waals surface area (Å²) in [6.45, 7) is 1.92. The van der Waals surface area contributed by atoms with Gasteiger partial charge in [-0.2, -0.15) is 0 Å². The lowest BCUT2D eigenvalue weighted by molar-refractivity contribution is 0.356. The van der Waals surface area contributed by atoms with Crippen LogP contribution < -0.4 is 9.47 Å². The molecule has 5 nitrogen and oxygen atoms in total. The highest BCUT2D eigenvalue weighted by Crippen LogP contribution is 2.33. The molecule has 0 atom stereocenters. The molecule has 1 aromatic carbocycles. The van der Waals surface area contributed by atoms with Crippen LogP contribution in [-0.2, 0) is 0 Å². The second kappa shape index (κ2) is 3.87. The van der Waals surface area contributed by atoms with Crippen LogP contribution in [0.1, 0.15) is 5.82 Å². The molecule has 3 aromatic rings. The molecule has 5 heteroatoms. The van der Waals surface area contributed by atoms with Crippen molar-refractivity contribution in [1.29, 1.82) is 0 Å². The number of benzene rings is 1. The van der Waals surface area contributed by atoms with Crippen molar-refractivity contribution < 1.29 is 9.47 Å². The van der Waals surface area contributed by atoms with E-state index in [1.165, 1.54) is 0 Å². The molecule has 0 fully saturated rings. The van der Waals surface area contributed by atoms with E-state index in [0.717, 1.165) is 27.8 Å². The average Bonchev–Trinajstić information content (AvgIpc) is 2.77. The first kappa shape index (κ1) is 10.8. The van der Waals surface area contributed by atoms with Crippen LogP contribution in [0, 0.1) is 6.92 Å². The molecule has 3 rings (SSSR count). The summed E-state index contributed by atoms with van der Waals surface area (Å²) in [7, 11) is 3.23. The second-order valence-corrected chi connectivity index (χ2v) is 4.07. The Morgan fingerprint density at radius 1 is 1.11 bits per heavy atom. The Bertz CT molecular complexity index is 734. The number of aromatic amines is 1. The Kier molecular flexibility index (Phi) is 2.33. The first-order valence-electron chi connectivity index (χ1n) is 5.60. The first-order chi connectivity index (χ1) is 8.72. The number of H-pyrrole nitrogens is 1. The molecular formula is C13H13N3O2. The maximum absolute atomic E-state index is 5.31. The number of aryl methyl sites for hydroxylation is 1. The lowest BCUT2D eigenvalue weighted by Gasteiger charge is -2.08. The largest absolute Gasteiger partial charge is 0.493 e. The van der Waals surface area contributed by atoms with Gasteiger partial charge in [0, 0.05) is 11.5 Å². The standard InChI is InChI=1S/C13H13N3O2/c1-7-15-10-6-14-9-5-12(18-3)11(17-2)4-8(9)13(10)16-7/h4-6H,1-3H3,(H,15,16). The van der Waals surface area contributed by atoms with Gasteiger partial charge in [-0.15, -0.1) is 0 Å². The first-order valence-corrected chi connectivity index (χ1v) is 5.60. The van der Waals surface area contributed by atoms with Crippen molar-refractivity contribution in [2.75, 3.05) is 14.2 Å². The van der Waals surface area contributed by atoms with E-state index in [-0.39, 0.29) is 0 Å². The van der Waals surface area contributed by atoms with Crippen LogP contribution in [0.2, 0.25) is 0 Å². The quantitative estimate of drug-likeness (QED) is 0.751. The molecular weight excluding hydrogens is 230 g/mol. The van der Waals surface area contributed by atoms with Gasteiger partial charge in [-0.3, -0.25) is 4.98 Å². The molecule has 2 aromatic heterocycles. The molecule has 0 bridgehead atoms. The summed E-state index contributed by atoms with van der Waals surface area (Å²) in [5, 5.41) is 0.953. The number of imidazole rings is 1. The van der Waals surface area contributed by atoms with Crippen molar-refractivity contribution in [3.05, 3.63) is 24.2 Å². The van der Waals surface area contributed by atoms with Gasteiger partial charge in [0.2, 0.25) is 0 Å². The molecule has 0 aliphatic rings. The van der Waals surface area contributed by atoms with E-state index in [9.17, 15) is 0 Å². The summed E-state index contributed by atoms with van der Waals surface area (Å²) in [5.41, 5.74) is 2.66. The third-order valence-corrected chi connectivity index (χ3v) is 2.94. The molecule has 0 unspecified atom stereocenters. The highest BCUT2D eigenvalue weighted by Gasteiger charge is 2.11. The molecule has 0 aliphatic carbocycles. The Morgan fingerprint density at radius 2 is 1.83 bits per heavy atom. The minimum Gasteiger partial charge on any atom is -0.493 e. The normalized spacial score (nSPS) is 11.1. The predicted octanol–water partition coefficient (Wildman–Crippen LogP) is 2.44. The zero-order chi connectivity index (χ0) is 12.7. The summed E-state index contributed by atoms with van der Waals surface area (Å²) in [4.78, 5) is 12.1. The van der Waals surface area contributed by atoms with Crippen molar-refractivity contribution in [3.8, 4) is 11.5 Å². The molecule has 0 saturated carbocycles. The van der Waals surface area contributed by atoms with Crippen LogP contribution in [0.5, 0.6) is 11.5 Å². The van der Waals surface area contributed by atoms with Crippen LogP contribution in [0.4, 0.5) is 0 Å². The van der Waals surface area contributed by atoms with Crippen molar-refractivity contribution in [3.63, 3.8) is 0 Å². The monoisotopic (exact) mass is 243 g/mol. The van der Waals surface area contributed by atoms with Gasteiger partial charge in [0.15, 0.2) is 11.5 Å². The highest BCUT2D eigenvalue weighted by molar-refractivity contribution is 6.03. The van der Waals surface area contributed by atoms with Gasteiger partial charge in [0.25, 0.3) is 0 Å². The van der Waals surface area contributed by atoms with Crippen molar-refractivity contribution in [2.45, 2.75) is 6.92 Å². The van der Waals surface area contributed by atoms with E-state index >= 15 is 0 Å². The molecule has 0 aliphatic heterocycles. The molecule has 2 heterocycles. The SMILES string of the molecule is COc1cc2ncc3[nH]c(C)nc3c2cc1OC. The van der Waals surface area contributed by atoms with E-state index in [1.54, 1.807) is 20.4 Å². The van der Waals surface area contributed by atoms with Gasteiger partial charge in [0.1, 0.15) is 5.82 Å². The highest BCUT2D eigenvalue weighted by atomic mass is 16.5. The fraction of sp³-hybridized carbons (Fsp3) is 0.231. The Balaban J connectivity index is 2.42. The third kappa shape index (κ3) is 1.48. The summed E-state index contributed by atoms with van der Waals surface area (Å²) >= 11 is 0. The topological polar surface area (TPSA) is 60.0 Å². The Hall–Kier alpha value is -2.30. The summed E-state index contributed by atoms with van der Waals surface area (Å²) in [6.07, 6.45) is 1.78. The number of aromatic nitrogens is 3. The summed E-state index contributed by atoms with van der Waals surface area (Å²) in [6, 6.07) is 3.77. The van der Waals surface area contributed by atoms with Gasteiger partial charge in [-0.1, -0.05) is 0 Å². The van der Waals surface area contributed by atoms with Gasteiger partial charge in [-0.25, -0.2) is 4.98 Å². The minimum absolute atomic E-state index is 0.670. The van der Waals surface area contributed by atoms with Crippen molar-refractivity contribution in [2.24, 2.45) is 0 Å². The molecule has 92 valence electrons. The van der Waals surface area contributed by atoms with E-state index in [1.807, 2.05) is 19.1 Å². The average molecular weight is 243 g/mol. The zero-order valence-corrected chi connectivity index (χ0v) is 10.4. The van der Waals surface area contributed by atoms with Gasteiger partial charge in [-0.05, 0) is 13.0 Å². The predicted molar refractivity (Wildman–Crippen MR) is 69.2 cm³/mol. The maximum atomic E-state index is 5.31. The van der Waals surface area contributed by atoms with Crippen LogP contribution in [0.15, 0.2) is 18.3 Å². The number of hydrogen-bond acceptors (Lipinski definition) is 4. The maximum Gasteiger partial charge on any atom is 0.162 e.